The maximum atomic E-state index is 13.9. The fourth-order valence-electron chi connectivity index (χ4n) is 8.63. The Kier molecular flexibility index (Phi) is 18.6. The molecule has 1 heterocycles. The van der Waals surface area contributed by atoms with Crippen LogP contribution in [0.3, 0.4) is 0 Å². The molecule has 10 unspecified atom stereocenters. The van der Waals surface area contributed by atoms with Crippen molar-refractivity contribution in [2.24, 2.45) is 17.3 Å². The molecule has 5 rings (SSSR count). The van der Waals surface area contributed by atoms with E-state index in [0.717, 1.165) is 6.92 Å². The average molecular weight is 1250 g/mol. The fourth-order valence-corrected chi connectivity index (χ4v) is 8.63. The van der Waals surface area contributed by atoms with Crippen molar-refractivity contribution in [1.29, 1.82) is 0 Å². The summed E-state index contributed by atoms with van der Waals surface area (Å²) in [5, 5.41) is 62.0. The predicted octanol–water partition coefficient (Wildman–Crippen LogP) is 3.32. The summed E-state index contributed by atoms with van der Waals surface area (Å²) < 4.78 is 23.1. The Morgan fingerprint density at radius 2 is 1.56 bits per heavy atom. The van der Waals surface area contributed by atoms with E-state index in [9.17, 15) is 44.7 Å². The molecule has 1 saturated heterocycles. The van der Waals surface area contributed by atoms with Crippen LogP contribution in [0.25, 0.3) is 0 Å². The minimum absolute atomic E-state index is 0. The van der Waals surface area contributed by atoms with Crippen LogP contribution in [-0.4, -0.2) is 110 Å². The summed E-state index contributed by atoms with van der Waals surface area (Å²) in [7, 11) is 0. The molecule has 14 nitrogen and oxygen atoms in total. The molecule has 0 aromatic heterocycles. The van der Waals surface area contributed by atoms with Crippen molar-refractivity contribution in [3.8, 4) is 0 Å². The summed E-state index contributed by atoms with van der Waals surface area (Å²) >= 11 is 0. The van der Waals surface area contributed by atoms with Crippen LogP contribution < -0.4 is 5.32 Å². The third-order valence-corrected chi connectivity index (χ3v) is 12.0. The number of hydrogen-bond donors (Lipinski definition) is 6. The van der Waals surface area contributed by atoms with E-state index in [1.165, 1.54) is 25.1 Å². The van der Waals surface area contributed by atoms with Gasteiger partial charge in [-0.2, -0.15) is 0 Å². The molecular formula is C43H55Ac2NO13. The van der Waals surface area contributed by atoms with Gasteiger partial charge in [-0.25, -0.2) is 14.4 Å². The monoisotopic (exact) mass is 1250 g/mol. The molecule has 316 valence electrons. The first-order valence-electron chi connectivity index (χ1n) is 19.1. The second kappa shape index (κ2) is 21.2. The zero-order valence-electron chi connectivity index (χ0n) is 34.5. The fraction of sp³-hybridized carbons (Fsp3) is 0.535. The van der Waals surface area contributed by atoms with E-state index in [-0.39, 0.29) is 124 Å². The number of nitrogens with one attached hydrogen (secondary N) is 1. The number of hydrogen-bond acceptors (Lipinski definition) is 13. The summed E-state index contributed by atoms with van der Waals surface area (Å²) in [6.45, 7) is 10.5. The van der Waals surface area contributed by atoms with E-state index in [0.29, 0.717) is 11.1 Å². The van der Waals surface area contributed by atoms with Crippen molar-refractivity contribution < 1.29 is 152 Å². The number of benzene rings is 2. The van der Waals surface area contributed by atoms with Gasteiger partial charge in [-0.1, -0.05) is 81.0 Å². The normalized spacial score (nSPS) is 28.9. The third-order valence-electron chi connectivity index (χ3n) is 12.0. The quantitative estimate of drug-likeness (QED) is 0.0966. The number of ketones is 1. The van der Waals surface area contributed by atoms with Gasteiger partial charge in [-0.3, -0.25) is 4.79 Å². The van der Waals surface area contributed by atoms with Gasteiger partial charge in [-0.15, -0.1) is 0 Å². The molecule has 2 radical (unpaired) electrons. The summed E-state index contributed by atoms with van der Waals surface area (Å²) in [5.41, 5.74) is -4.01. The number of carbonyl (C=O) groups is 4. The Labute approximate surface area is 416 Å². The molecule has 2 fully saturated rings. The smallest absolute Gasteiger partial charge is 0.408 e. The van der Waals surface area contributed by atoms with E-state index in [2.05, 4.69) is 5.32 Å². The molecule has 1 saturated carbocycles. The molecule has 0 spiro atoms. The number of alkyl carbamates (subject to hydrolysis) is 1. The molecular weight excluding hydrogens is 1190 g/mol. The van der Waals surface area contributed by atoms with Crippen LogP contribution in [-0.2, 0) is 35.1 Å². The van der Waals surface area contributed by atoms with Crippen LogP contribution in [0.15, 0.2) is 83.5 Å². The maximum Gasteiger partial charge on any atom is 0.408 e. The van der Waals surface area contributed by atoms with Gasteiger partial charge in [0.15, 0.2) is 11.9 Å². The standard InChI is InChI=1S/C43H55NO13.2Ac/c1-23(2)18-29(44-40(51)54-21-27-14-10-8-11-15-27)36(48)39(50)56-31-20-43(53,41(6,7)33(25(31)4)35(47)26(5)45)37(57-38(49)28-16-12-9-13-17-28)34-24(3)30(46)19-32-42(34,52)22-55-32;;/h8-18,24,29-32,34-37,46-48,52-53H,19-22H2,1-7H3,(H,44,51);;/t24-,29?,30?,31?,32?,34?,35?,36?,37?,42?,43?;;/m0../s1. The number of carbonyl (C=O) groups excluding carboxylic acids is 4. The van der Waals surface area contributed by atoms with Gasteiger partial charge in [0.2, 0.25) is 0 Å². The molecule has 2 aliphatic carbocycles. The van der Waals surface area contributed by atoms with Crippen molar-refractivity contribution in [2.75, 3.05) is 6.61 Å². The number of aliphatic hydroxyl groups is 5. The Hall–Kier alpha value is -1.56. The van der Waals surface area contributed by atoms with Gasteiger partial charge in [0.05, 0.1) is 30.4 Å². The molecule has 16 heteroatoms. The summed E-state index contributed by atoms with van der Waals surface area (Å²) in [5.74, 6) is -4.73. The summed E-state index contributed by atoms with van der Waals surface area (Å²) in [6.07, 6.45) is -8.74. The van der Waals surface area contributed by atoms with Gasteiger partial charge in [0.1, 0.15) is 36.1 Å². The number of amides is 1. The second-order valence-corrected chi connectivity index (χ2v) is 16.4. The first-order valence-corrected chi connectivity index (χ1v) is 19.1. The van der Waals surface area contributed by atoms with E-state index < -0.39 is 101 Å². The van der Waals surface area contributed by atoms with Crippen molar-refractivity contribution >= 4 is 23.8 Å². The second-order valence-electron chi connectivity index (χ2n) is 16.4. The Balaban J connectivity index is 0.00000465. The third kappa shape index (κ3) is 11.0. The van der Waals surface area contributed by atoms with Crippen LogP contribution in [0.4, 0.5) is 4.79 Å². The Bertz CT molecular complexity index is 1870. The Morgan fingerprint density at radius 1 is 0.966 bits per heavy atom. The van der Waals surface area contributed by atoms with Crippen LogP contribution in [0.2, 0.25) is 0 Å². The largest absolute Gasteiger partial charge is 0.456 e. The van der Waals surface area contributed by atoms with Gasteiger partial charge >= 0.3 is 18.0 Å². The molecule has 2 aromatic carbocycles. The molecule has 59 heavy (non-hydrogen) atoms. The first-order chi connectivity index (χ1) is 26.7. The van der Waals surface area contributed by atoms with Crippen LogP contribution in [0.1, 0.15) is 77.2 Å². The van der Waals surface area contributed by atoms with Crippen molar-refractivity contribution in [2.45, 2.75) is 122 Å². The van der Waals surface area contributed by atoms with E-state index >= 15 is 0 Å². The van der Waals surface area contributed by atoms with Crippen molar-refractivity contribution in [3.05, 3.63) is 94.6 Å². The number of fused-ring (bicyclic) bond motifs is 1. The zero-order valence-corrected chi connectivity index (χ0v) is 44.0. The van der Waals surface area contributed by atoms with Gasteiger partial charge < -0.3 is 49.8 Å². The van der Waals surface area contributed by atoms with Gasteiger partial charge in [-0.05, 0) is 62.5 Å². The topological polar surface area (TPSA) is 218 Å². The molecule has 2 aromatic rings. The molecule has 0 bridgehead atoms. The molecule has 6 N–H and O–H groups in total. The Morgan fingerprint density at radius 3 is 2.10 bits per heavy atom. The van der Waals surface area contributed by atoms with Crippen LogP contribution >= 0.6 is 0 Å². The molecule has 1 amide bonds. The number of allylic oxidation sites excluding steroid dienone is 1. The zero-order chi connectivity index (χ0) is 42.0. The predicted molar refractivity (Wildman–Crippen MR) is 205 cm³/mol. The minimum Gasteiger partial charge on any atom is -0.456 e. The minimum atomic E-state index is -2.33. The van der Waals surface area contributed by atoms with E-state index in [1.807, 2.05) is 6.07 Å². The average Bonchev–Trinajstić information content (AvgIpc) is 3.16. The number of aliphatic hydroxyl groups excluding tert-OH is 3. The maximum absolute atomic E-state index is 13.9. The van der Waals surface area contributed by atoms with Gasteiger partial charge in [0, 0.05) is 112 Å². The molecule has 1 aliphatic heterocycles. The first kappa shape index (κ1) is 51.8. The van der Waals surface area contributed by atoms with Crippen LogP contribution in [0, 0.1) is 105 Å². The van der Waals surface area contributed by atoms with Crippen LogP contribution in [0.5, 0.6) is 0 Å². The van der Waals surface area contributed by atoms with Crippen molar-refractivity contribution in [1.82, 2.24) is 5.32 Å². The summed E-state index contributed by atoms with van der Waals surface area (Å²) in [4.78, 5) is 53.6. The summed E-state index contributed by atoms with van der Waals surface area (Å²) in [6, 6.07) is 15.5. The number of esters is 2. The van der Waals surface area contributed by atoms with E-state index in [1.54, 1.807) is 77.1 Å². The molecule has 11 atom stereocenters. The number of rotatable bonds is 13. The number of Topliss-reactive ketones (excluding diaryl/α,β-unsaturated/α-hetero) is 1. The van der Waals surface area contributed by atoms with Gasteiger partial charge in [0.25, 0.3) is 0 Å². The molecule has 3 aliphatic rings. The van der Waals surface area contributed by atoms with Crippen molar-refractivity contribution in [3.63, 3.8) is 0 Å². The SMILES string of the molecule is CC(=O)C(O)C1=C(C)C(OC(=O)C(O)C(C=C(C)C)NC(=O)OCc2ccccc2)CC(O)(C(OC(=O)c2ccccc2)C2[C@@H](C)C(O)CC3OCC32O)C1(C)C.[Ac].[Ac]. The number of ether oxygens (including phenoxy) is 4. The van der Waals surface area contributed by atoms with E-state index in [4.69, 9.17) is 18.9 Å².